The molecule has 2 aliphatic heterocycles. The van der Waals surface area contributed by atoms with Crippen LogP contribution in [0.3, 0.4) is 0 Å². The van der Waals surface area contributed by atoms with Crippen LogP contribution in [0.25, 0.3) is 0 Å². The van der Waals surface area contributed by atoms with Gasteiger partial charge in [0.2, 0.25) is 5.91 Å². The molecule has 2 heterocycles. The molecule has 7 heteroatoms. The van der Waals surface area contributed by atoms with Gasteiger partial charge in [-0.25, -0.2) is 4.79 Å². The molecule has 2 saturated heterocycles. The fraction of sp³-hybridized carbons (Fsp3) is 0.769. The molecule has 0 aromatic rings. The Labute approximate surface area is 117 Å². The zero-order chi connectivity index (χ0) is 14.5. The summed E-state index contributed by atoms with van der Waals surface area (Å²) in [7, 11) is 0. The van der Waals surface area contributed by atoms with Crippen molar-refractivity contribution in [3.05, 3.63) is 0 Å². The first-order valence-electron chi connectivity index (χ1n) is 7.12. The topological polar surface area (TPSA) is 89.9 Å². The van der Waals surface area contributed by atoms with Crippen LogP contribution in [0.5, 0.6) is 0 Å². The van der Waals surface area contributed by atoms with Crippen LogP contribution < -0.4 is 5.32 Å². The molecule has 0 radical (unpaired) electrons. The van der Waals surface area contributed by atoms with E-state index in [2.05, 4.69) is 5.32 Å². The molecule has 0 aromatic heterocycles. The van der Waals surface area contributed by atoms with Gasteiger partial charge >= 0.3 is 12.0 Å². The van der Waals surface area contributed by atoms with Crippen molar-refractivity contribution in [3.63, 3.8) is 0 Å². The van der Waals surface area contributed by atoms with Crippen molar-refractivity contribution < 1.29 is 19.5 Å². The van der Waals surface area contributed by atoms with Gasteiger partial charge in [0, 0.05) is 45.1 Å². The third kappa shape index (κ3) is 3.61. The van der Waals surface area contributed by atoms with E-state index < -0.39 is 5.97 Å². The van der Waals surface area contributed by atoms with Crippen molar-refractivity contribution >= 4 is 17.9 Å². The summed E-state index contributed by atoms with van der Waals surface area (Å²) in [5, 5.41) is 11.3. The lowest BCUT2D eigenvalue weighted by Gasteiger charge is -2.36. The van der Waals surface area contributed by atoms with Gasteiger partial charge in [-0.15, -0.1) is 0 Å². The molecule has 2 fully saturated rings. The number of nitrogens with zero attached hydrogens (tertiary/aromatic N) is 2. The zero-order valence-electron chi connectivity index (χ0n) is 11.5. The third-order valence-corrected chi connectivity index (χ3v) is 3.93. The van der Waals surface area contributed by atoms with E-state index >= 15 is 0 Å². The molecule has 2 N–H and O–H groups in total. The molecule has 0 aliphatic carbocycles. The SMILES string of the molecule is O=C(O)CCCC(=O)N1CCC(N2CCNC2=O)CC1. The predicted molar refractivity (Wildman–Crippen MR) is 71.2 cm³/mol. The van der Waals surface area contributed by atoms with E-state index in [0.717, 1.165) is 19.4 Å². The van der Waals surface area contributed by atoms with Gasteiger partial charge < -0.3 is 20.2 Å². The highest BCUT2D eigenvalue weighted by molar-refractivity contribution is 5.78. The summed E-state index contributed by atoms with van der Waals surface area (Å²) >= 11 is 0. The van der Waals surface area contributed by atoms with E-state index in [-0.39, 0.29) is 24.4 Å². The molecule has 2 rings (SSSR count). The number of carbonyl (C=O) groups is 3. The molecule has 0 unspecified atom stereocenters. The molecule has 20 heavy (non-hydrogen) atoms. The van der Waals surface area contributed by atoms with Crippen molar-refractivity contribution in [1.29, 1.82) is 0 Å². The number of aliphatic carboxylic acids is 1. The lowest BCUT2D eigenvalue weighted by atomic mass is 10.0. The summed E-state index contributed by atoms with van der Waals surface area (Å²) < 4.78 is 0. The van der Waals surface area contributed by atoms with Crippen LogP contribution in [0.2, 0.25) is 0 Å². The van der Waals surface area contributed by atoms with Crippen LogP contribution in [-0.2, 0) is 9.59 Å². The number of hydrogen-bond donors (Lipinski definition) is 2. The Balaban J connectivity index is 1.72. The van der Waals surface area contributed by atoms with Crippen molar-refractivity contribution in [2.75, 3.05) is 26.2 Å². The quantitative estimate of drug-likeness (QED) is 0.757. The smallest absolute Gasteiger partial charge is 0.317 e. The van der Waals surface area contributed by atoms with E-state index in [1.807, 2.05) is 4.90 Å². The van der Waals surface area contributed by atoms with Crippen molar-refractivity contribution in [2.45, 2.75) is 38.1 Å². The lowest BCUT2D eigenvalue weighted by Crippen LogP contribution is -2.47. The molecule has 3 amide bonds. The summed E-state index contributed by atoms with van der Waals surface area (Å²) in [6, 6.07) is 0.219. The summed E-state index contributed by atoms with van der Waals surface area (Å²) in [5.74, 6) is -0.841. The van der Waals surface area contributed by atoms with Gasteiger partial charge in [-0.05, 0) is 19.3 Å². The number of nitrogens with one attached hydrogen (secondary N) is 1. The molecule has 0 atom stereocenters. The minimum Gasteiger partial charge on any atom is -0.481 e. The van der Waals surface area contributed by atoms with Gasteiger partial charge in [-0.3, -0.25) is 9.59 Å². The number of carboxylic acid groups (broad SMARTS) is 1. The second kappa shape index (κ2) is 6.58. The maximum Gasteiger partial charge on any atom is 0.317 e. The normalized spacial score (nSPS) is 20.1. The summed E-state index contributed by atoms with van der Waals surface area (Å²) in [4.78, 5) is 37.5. The Kier molecular flexibility index (Phi) is 4.81. The number of carbonyl (C=O) groups excluding carboxylic acids is 2. The Morgan fingerprint density at radius 2 is 1.90 bits per heavy atom. The fourth-order valence-corrected chi connectivity index (χ4v) is 2.81. The van der Waals surface area contributed by atoms with Gasteiger partial charge in [0.1, 0.15) is 0 Å². The first-order chi connectivity index (χ1) is 9.58. The van der Waals surface area contributed by atoms with Gasteiger partial charge in [-0.1, -0.05) is 0 Å². The number of urea groups is 1. The second-order valence-electron chi connectivity index (χ2n) is 5.28. The van der Waals surface area contributed by atoms with Crippen LogP contribution in [0, 0.1) is 0 Å². The van der Waals surface area contributed by atoms with Gasteiger partial charge in [-0.2, -0.15) is 0 Å². The number of amides is 3. The first-order valence-corrected chi connectivity index (χ1v) is 7.12. The summed E-state index contributed by atoms with van der Waals surface area (Å²) in [5.41, 5.74) is 0. The number of piperidine rings is 1. The maximum absolute atomic E-state index is 11.9. The van der Waals surface area contributed by atoms with Crippen LogP contribution in [-0.4, -0.2) is 65.0 Å². The third-order valence-electron chi connectivity index (χ3n) is 3.93. The van der Waals surface area contributed by atoms with E-state index in [4.69, 9.17) is 5.11 Å². The van der Waals surface area contributed by atoms with Gasteiger partial charge in [0.15, 0.2) is 0 Å². The Hall–Kier alpha value is -1.79. The van der Waals surface area contributed by atoms with E-state index in [1.165, 1.54) is 0 Å². The standard InChI is InChI=1S/C13H21N3O4/c17-11(2-1-3-12(18)19)15-7-4-10(5-8-15)16-9-6-14-13(16)20/h10H,1-9H2,(H,14,20)(H,18,19). The van der Waals surface area contributed by atoms with Crippen LogP contribution in [0.4, 0.5) is 4.79 Å². The Bertz CT molecular complexity index is 391. The van der Waals surface area contributed by atoms with E-state index in [0.29, 0.717) is 32.5 Å². The monoisotopic (exact) mass is 283 g/mol. The first kappa shape index (κ1) is 14.6. The summed E-state index contributed by atoms with van der Waals surface area (Å²) in [6.45, 7) is 2.75. The van der Waals surface area contributed by atoms with Crippen molar-refractivity contribution in [1.82, 2.24) is 15.1 Å². The average Bonchev–Trinajstić information content (AvgIpc) is 2.84. The maximum atomic E-state index is 11.9. The average molecular weight is 283 g/mol. The lowest BCUT2D eigenvalue weighted by molar-refractivity contribution is -0.137. The molecule has 112 valence electrons. The Morgan fingerprint density at radius 1 is 1.20 bits per heavy atom. The number of carboxylic acids is 1. The highest BCUT2D eigenvalue weighted by atomic mass is 16.4. The molecular weight excluding hydrogens is 262 g/mol. The molecule has 0 saturated carbocycles. The molecule has 2 aliphatic rings. The minimum atomic E-state index is -0.864. The fourth-order valence-electron chi connectivity index (χ4n) is 2.81. The zero-order valence-corrected chi connectivity index (χ0v) is 11.5. The minimum absolute atomic E-state index is 0.00349. The van der Waals surface area contributed by atoms with Gasteiger partial charge in [0.25, 0.3) is 0 Å². The van der Waals surface area contributed by atoms with Crippen LogP contribution in [0.1, 0.15) is 32.1 Å². The highest BCUT2D eigenvalue weighted by Gasteiger charge is 2.31. The highest BCUT2D eigenvalue weighted by Crippen LogP contribution is 2.19. The van der Waals surface area contributed by atoms with Crippen molar-refractivity contribution in [3.8, 4) is 0 Å². The molecule has 7 nitrogen and oxygen atoms in total. The summed E-state index contributed by atoms with van der Waals surface area (Å²) in [6.07, 6.45) is 2.33. The number of rotatable bonds is 5. The Morgan fingerprint density at radius 3 is 2.45 bits per heavy atom. The number of hydrogen-bond acceptors (Lipinski definition) is 3. The second-order valence-corrected chi connectivity index (χ2v) is 5.28. The van der Waals surface area contributed by atoms with Crippen LogP contribution in [0.15, 0.2) is 0 Å². The molecule has 0 bridgehead atoms. The van der Waals surface area contributed by atoms with E-state index in [9.17, 15) is 14.4 Å². The predicted octanol–water partition coefficient (Wildman–Crippen LogP) is 0.258. The largest absolute Gasteiger partial charge is 0.481 e. The molecule has 0 aromatic carbocycles. The van der Waals surface area contributed by atoms with Crippen LogP contribution >= 0.6 is 0 Å². The molecule has 0 spiro atoms. The molecular formula is C13H21N3O4. The van der Waals surface area contributed by atoms with Crippen molar-refractivity contribution in [2.24, 2.45) is 0 Å². The number of likely N-dealkylation sites (tertiary alicyclic amines) is 1. The van der Waals surface area contributed by atoms with Gasteiger partial charge in [0.05, 0.1) is 0 Å². The van der Waals surface area contributed by atoms with E-state index in [1.54, 1.807) is 4.90 Å².